The van der Waals surface area contributed by atoms with Crippen molar-refractivity contribution >= 4 is 11.6 Å². The molecule has 1 aromatic heterocycles. The molecule has 4 heteroatoms. The Morgan fingerprint density at radius 2 is 1.90 bits per heavy atom. The molecule has 0 N–H and O–H groups in total. The van der Waals surface area contributed by atoms with Crippen molar-refractivity contribution in [3.63, 3.8) is 0 Å². The minimum absolute atomic E-state index is 0.716. The van der Waals surface area contributed by atoms with Gasteiger partial charge in [-0.3, -0.25) is 4.57 Å². The lowest BCUT2D eigenvalue weighted by atomic mass is 10.2. The van der Waals surface area contributed by atoms with E-state index in [1.165, 1.54) is 0 Å². The van der Waals surface area contributed by atoms with Gasteiger partial charge in [0.15, 0.2) is 0 Å². The summed E-state index contributed by atoms with van der Waals surface area (Å²) in [5, 5.41) is 0.716. The van der Waals surface area contributed by atoms with Gasteiger partial charge in [0.2, 0.25) is 0 Å². The maximum atomic E-state index is 5.93. The van der Waals surface area contributed by atoms with Gasteiger partial charge in [-0.25, -0.2) is 4.98 Å². The molecule has 20 heavy (non-hydrogen) atoms. The summed E-state index contributed by atoms with van der Waals surface area (Å²) >= 11 is 5.93. The summed E-state index contributed by atoms with van der Waals surface area (Å²) in [6, 6.07) is 15.5. The largest absolute Gasteiger partial charge is 0.497 e. The van der Waals surface area contributed by atoms with Gasteiger partial charge in [0, 0.05) is 29.0 Å². The van der Waals surface area contributed by atoms with Gasteiger partial charge < -0.3 is 4.74 Å². The van der Waals surface area contributed by atoms with Crippen LogP contribution in [0.3, 0.4) is 0 Å². The molecule has 0 radical (unpaired) electrons. The van der Waals surface area contributed by atoms with Crippen LogP contribution in [0.4, 0.5) is 0 Å². The van der Waals surface area contributed by atoms with Crippen LogP contribution in [-0.2, 0) is 0 Å². The highest BCUT2D eigenvalue weighted by Crippen LogP contribution is 2.24. The number of nitrogens with zero attached hydrogens (tertiary/aromatic N) is 2. The normalized spacial score (nSPS) is 10.5. The molecule has 0 bridgehead atoms. The summed E-state index contributed by atoms with van der Waals surface area (Å²) in [6.07, 6.45) is 3.71. The van der Waals surface area contributed by atoms with Gasteiger partial charge in [-0.1, -0.05) is 17.7 Å². The van der Waals surface area contributed by atoms with E-state index in [0.717, 1.165) is 22.8 Å². The summed E-state index contributed by atoms with van der Waals surface area (Å²) in [7, 11) is 1.66. The second-order valence-corrected chi connectivity index (χ2v) is 4.77. The van der Waals surface area contributed by atoms with Crippen LogP contribution >= 0.6 is 11.6 Å². The number of hydrogen-bond acceptors (Lipinski definition) is 2. The summed E-state index contributed by atoms with van der Waals surface area (Å²) in [5.74, 6) is 1.69. The molecule has 3 rings (SSSR count). The average Bonchev–Trinajstić information content (AvgIpc) is 2.97. The van der Waals surface area contributed by atoms with Gasteiger partial charge in [-0.15, -0.1) is 0 Å². The number of ether oxygens (including phenoxy) is 1. The first-order chi connectivity index (χ1) is 9.78. The first-order valence-corrected chi connectivity index (χ1v) is 6.59. The van der Waals surface area contributed by atoms with Gasteiger partial charge in [0.1, 0.15) is 11.6 Å². The van der Waals surface area contributed by atoms with Crippen LogP contribution in [0.2, 0.25) is 5.02 Å². The van der Waals surface area contributed by atoms with E-state index in [-0.39, 0.29) is 0 Å². The van der Waals surface area contributed by atoms with Gasteiger partial charge in [-0.05, 0) is 36.4 Å². The highest BCUT2D eigenvalue weighted by atomic mass is 35.5. The van der Waals surface area contributed by atoms with Crippen molar-refractivity contribution in [2.24, 2.45) is 0 Å². The SMILES string of the molecule is COc1cccc(-n2ccnc2-c2ccc(Cl)cc2)c1. The maximum absolute atomic E-state index is 5.93. The van der Waals surface area contributed by atoms with Crippen molar-refractivity contribution in [3.05, 3.63) is 65.9 Å². The van der Waals surface area contributed by atoms with E-state index in [4.69, 9.17) is 16.3 Å². The number of rotatable bonds is 3. The third kappa shape index (κ3) is 2.40. The number of halogens is 1. The Balaban J connectivity index is 2.07. The van der Waals surface area contributed by atoms with Crippen LogP contribution in [-0.4, -0.2) is 16.7 Å². The molecule has 0 aliphatic rings. The number of imidazole rings is 1. The smallest absolute Gasteiger partial charge is 0.144 e. The van der Waals surface area contributed by atoms with Gasteiger partial charge >= 0.3 is 0 Å². The van der Waals surface area contributed by atoms with Crippen molar-refractivity contribution in [3.8, 4) is 22.8 Å². The Hall–Kier alpha value is -2.26. The Bertz CT molecular complexity index is 719. The molecule has 2 aromatic carbocycles. The quantitative estimate of drug-likeness (QED) is 0.721. The lowest BCUT2D eigenvalue weighted by molar-refractivity contribution is 0.414. The molecule has 0 saturated heterocycles. The minimum Gasteiger partial charge on any atom is -0.497 e. The van der Waals surface area contributed by atoms with Crippen molar-refractivity contribution in [1.82, 2.24) is 9.55 Å². The summed E-state index contributed by atoms with van der Waals surface area (Å²) in [4.78, 5) is 4.43. The molecule has 0 unspecified atom stereocenters. The van der Waals surface area contributed by atoms with Crippen LogP contribution in [0, 0.1) is 0 Å². The zero-order valence-electron chi connectivity index (χ0n) is 11.0. The molecule has 1 heterocycles. The Morgan fingerprint density at radius 3 is 2.65 bits per heavy atom. The predicted octanol–water partition coefficient (Wildman–Crippen LogP) is 4.20. The predicted molar refractivity (Wildman–Crippen MR) is 80.6 cm³/mol. The highest BCUT2D eigenvalue weighted by molar-refractivity contribution is 6.30. The van der Waals surface area contributed by atoms with Crippen LogP contribution in [0.25, 0.3) is 17.1 Å². The number of methoxy groups -OCH3 is 1. The average molecular weight is 285 g/mol. The molecule has 3 aromatic rings. The Morgan fingerprint density at radius 1 is 1.10 bits per heavy atom. The monoisotopic (exact) mass is 284 g/mol. The van der Waals surface area contributed by atoms with Crippen molar-refractivity contribution in [2.75, 3.05) is 7.11 Å². The molecule has 0 amide bonds. The third-order valence-electron chi connectivity index (χ3n) is 3.07. The molecule has 0 spiro atoms. The number of aromatic nitrogens is 2. The fourth-order valence-corrected chi connectivity index (χ4v) is 2.21. The van der Waals surface area contributed by atoms with Gasteiger partial charge in [0.25, 0.3) is 0 Å². The highest BCUT2D eigenvalue weighted by Gasteiger charge is 2.08. The van der Waals surface area contributed by atoms with E-state index in [2.05, 4.69) is 4.98 Å². The minimum atomic E-state index is 0.716. The first-order valence-electron chi connectivity index (χ1n) is 6.21. The van der Waals surface area contributed by atoms with E-state index >= 15 is 0 Å². The van der Waals surface area contributed by atoms with Crippen LogP contribution in [0.1, 0.15) is 0 Å². The summed E-state index contributed by atoms with van der Waals surface area (Å²) < 4.78 is 7.28. The van der Waals surface area contributed by atoms with E-state index in [1.54, 1.807) is 13.3 Å². The van der Waals surface area contributed by atoms with Gasteiger partial charge in [-0.2, -0.15) is 0 Å². The fourth-order valence-electron chi connectivity index (χ4n) is 2.08. The molecule has 0 fully saturated rings. The summed E-state index contributed by atoms with van der Waals surface area (Å²) in [5.41, 5.74) is 2.02. The Kier molecular flexibility index (Phi) is 3.44. The lowest BCUT2D eigenvalue weighted by Gasteiger charge is -2.09. The third-order valence-corrected chi connectivity index (χ3v) is 3.33. The molecule has 0 saturated carbocycles. The zero-order chi connectivity index (χ0) is 13.9. The lowest BCUT2D eigenvalue weighted by Crippen LogP contribution is -1.96. The molecule has 100 valence electrons. The fraction of sp³-hybridized carbons (Fsp3) is 0.0625. The number of hydrogen-bond donors (Lipinski definition) is 0. The van der Waals surface area contributed by atoms with E-state index in [1.807, 2.05) is 59.3 Å². The molecule has 0 aliphatic carbocycles. The topological polar surface area (TPSA) is 27.1 Å². The molecular formula is C16H13ClN2O. The second-order valence-electron chi connectivity index (χ2n) is 4.33. The van der Waals surface area contributed by atoms with Gasteiger partial charge in [0.05, 0.1) is 12.8 Å². The molecule has 0 atom stereocenters. The molecular weight excluding hydrogens is 272 g/mol. The maximum Gasteiger partial charge on any atom is 0.144 e. The van der Waals surface area contributed by atoms with E-state index in [9.17, 15) is 0 Å². The number of benzene rings is 2. The second kappa shape index (κ2) is 5.39. The molecule has 0 aliphatic heterocycles. The van der Waals surface area contributed by atoms with Crippen molar-refractivity contribution < 1.29 is 4.74 Å². The van der Waals surface area contributed by atoms with Crippen LogP contribution in [0.15, 0.2) is 60.9 Å². The van der Waals surface area contributed by atoms with E-state index < -0.39 is 0 Å². The van der Waals surface area contributed by atoms with Crippen LogP contribution < -0.4 is 4.74 Å². The summed E-state index contributed by atoms with van der Waals surface area (Å²) in [6.45, 7) is 0. The van der Waals surface area contributed by atoms with Crippen molar-refractivity contribution in [1.29, 1.82) is 0 Å². The first kappa shape index (κ1) is 12.8. The molecule has 3 nitrogen and oxygen atoms in total. The standard InChI is InChI=1S/C16H13ClN2O/c1-20-15-4-2-3-14(11-15)19-10-9-18-16(19)12-5-7-13(17)8-6-12/h2-11H,1H3. The Labute approximate surface area is 122 Å². The van der Waals surface area contributed by atoms with E-state index in [0.29, 0.717) is 5.02 Å². The van der Waals surface area contributed by atoms with Crippen molar-refractivity contribution in [2.45, 2.75) is 0 Å². The zero-order valence-corrected chi connectivity index (χ0v) is 11.7. The van der Waals surface area contributed by atoms with Crippen LogP contribution in [0.5, 0.6) is 5.75 Å².